The van der Waals surface area contributed by atoms with E-state index in [0.717, 1.165) is 24.9 Å². The zero-order chi connectivity index (χ0) is 14.6. The maximum Gasteiger partial charge on any atom is 0.0768 e. The first-order valence-corrected chi connectivity index (χ1v) is 5.54. The third-order valence-corrected chi connectivity index (χ3v) is 2.71. The largest absolute Gasteiger partial charge is 0.357 e. The Morgan fingerprint density at radius 2 is 1.17 bits per heavy atom. The lowest BCUT2D eigenvalue weighted by molar-refractivity contribution is -0.403. The highest BCUT2D eigenvalue weighted by atomic mass is 16.9. The molecule has 0 unspecified atom stereocenters. The fourth-order valence-corrected chi connectivity index (χ4v) is 1.93. The standard InChI is InChI=1S/C8H18N2.2NO3/c9-5-7-2-1-3-8(4-7)6-10;2*2-1(3)4/h7-8H,1-6,9-10H2;;/q;2*-1/p+2/t7-,8+;;. The Bertz CT molecular complexity index is 210. The predicted molar refractivity (Wildman–Crippen MR) is 61.7 cm³/mol. The Kier molecular flexibility index (Phi) is 12.2. The van der Waals surface area contributed by atoms with Gasteiger partial charge in [-0.25, -0.2) is 0 Å². The second-order valence-corrected chi connectivity index (χ2v) is 3.92. The molecule has 1 aliphatic rings. The van der Waals surface area contributed by atoms with E-state index in [1.54, 1.807) is 0 Å². The van der Waals surface area contributed by atoms with Crippen molar-refractivity contribution in [1.82, 2.24) is 0 Å². The Morgan fingerprint density at radius 3 is 1.39 bits per heavy atom. The molecule has 0 aromatic heterocycles. The second kappa shape index (κ2) is 11.8. The molecule has 0 bridgehead atoms. The van der Waals surface area contributed by atoms with E-state index in [0.29, 0.717) is 0 Å². The SMILES string of the molecule is O=[N+]([O-])[O-].O=[N+]([O-])[O-].[NH3+]C[C@@H]1CCC[C@H](C[NH3+])C1. The summed E-state index contributed by atoms with van der Waals surface area (Å²) in [6.45, 7) is 2.27. The first kappa shape index (κ1) is 18.7. The summed E-state index contributed by atoms with van der Waals surface area (Å²) in [6.07, 6.45) is 5.65. The van der Waals surface area contributed by atoms with Crippen molar-refractivity contribution >= 4 is 0 Å². The first-order chi connectivity index (χ1) is 8.33. The average molecular weight is 268 g/mol. The molecule has 6 N–H and O–H groups in total. The Morgan fingerprint density at radius 1 is 0.889 bits per heavy atom. The molecule has 10 heteroatoms. The zero-order valence-electron chi connectivity index (χ0n) is 10.2. The Labute approximate surface area is 104 Å². The van der Waals surface area contributed by atoms with Gasteiger partial charge in [-0.05, 0) is 19.3 Å². The molecule has 0 heterocycles. The molecule has 2 atom stereocenters. The van der Waals surface area contributed by atoms with Gasteiger partial charge in [0.2, 0.25) is 0 Å². The van der Waals surface area contributed by atoms with Gasteiger partial charge in [0.25, 0.3) is 0 Å². The number of hydrogen-bond acceptors (Lipinski definition) is 6. The van der Waals surface area contributed by atoms with Gasteiger partial charge in [-0.1, -0.05) is 6.42 Å². The molecule has 18 heavy (non-hydrogen) atoms. The summed E-state index contributed by atoms with van der Waals surface area (Å²) in [5.41, 5.74) is 7.92. The quantitative estimate of drug-likeness (QED) is 0.467. The highest BCUT2D eigenvalue weighted by Crippen LogP contribution is 2.26. The van der Waals surface area contributed by atoms with Gasteiger partial charge in [0, 0.05) is 11.8 Å². The van der Waals surface area contributed by atoms with Crippen molar-refractivity contribution in [3.8, 4) is 0 Å². The van der Waals surface area contributed by atoms with E-state index in [1.807, 2.05) is 0 Å². The highest BCUT2D eigenvalue weighted by Gasteiger charge is 2.21. The third-order valence-electron chi connectivity index (χ3n) is 2.71. The van der Waals surface area contributed by atoms with E-state index in [2.05, 4.69) is 11.5 Å². The van der Waals surface area contributed by atoms with Crippen LogP contribution in [0.25, 0.3) is 0 Å². The number of quaternary nitrogens is 2. The molecule has 10 nitrogen and oxygen atoms in total. The van der Waals surface area contributed by atoms with Crippen LogP contribution in [0.2, 0.25) is 0 Å². The molecule has 1 aliphatic carbocycles. The topological polar surface area (TPSA) is 188 Å². The van der Waals surface area contributed by atoms with Gasteiger partial charge in [-0.2, -0.15) is 0 Å². The van der Waals surface area contributed by atoms with Crippen molar-refractivity contribution in [1.29, 1.82) is 0 Å². The van der Waals surface area contributed by atoms with E-state index in [4.69, 9.17) is 30.6 Å². The van der Waals surface area contributed by atoms with Gasteiger partial charge in [0.1, 0.15) is 0 Å². The van der Waals surface area contributed by atoms with Gasteiger partial charge in [-0.15, -0.1) is 0 Å². The van der Waals surface area contributed by atoms with Crippen LogP contribution in [0.3, 0.4) is 0 Å². The van der Waals surface area contributed by atoms with E-state index in [9.17, 15) is 0 Å². The van der Waals surface area contributed by atoms with Gasteiger partial charge in [0.05, 0.1) is 23.3 Å². The maximum absolute atomic E-state index is 8.25. The van der Waals surface area contributed by atoms with E-state index < -0.39 is 10.2 Å². The van der Waals surface area contributed by atoms with E-state index in [1.165, 1.54) is 25.7 Å². The average Bonchev–Trinajstić information content (AvgIpc) is 2.27. The van der Waals surface area contributed by atoms with Crippen LogP contribution in [-0.2, 0) is 0 Å². The minimum absolute atomic E-state index is 0.917. The summed E-state index contributed by atoms with van der Waals surface area (Å²) < 4.78 is 0. The van der Waals surface area contributed by atoms with Crippen LogP contribution in [0.5, 0.6) is 0 Å². The highest BCUT2D eigenvalue weighted by molar-refractivity contribution is 4.70. The Hall–Kier alpha value is -1.68. The molecule has 0 amide bonds. The lowest BCUT2D eigenvalue weighted by Gasteiger charge is -2.24. The minimum atomic E-state index is -1.75. The Balaban J connectivity index is 0. The maximum atomic E-state index is 8.25. The molecule has 0 aliphatic heterocycles. The summed E-state index contributed by atoms with van der Waals surface area (Å²) >= 11 is 0. The van der Waals surface area contributed by atoms with Crippen LogP contribution in [0.1, 0.15) is 25.7 Å². The van der Waals surface area contributed by atoms with Crippen LogP contribution in [0.4, 0.5) is 0 Å². The third kappa shape index (κ3) is 16.7. The van der Waals surface area contributed by atoms with E-state index >= 15 is 0 Å². The van der Waals surface area contributed by atoms with Gasteiger partial charge in [-0.3, -0.25) is 0 Å². The number of nitrogens with zero attached hydrogens (tertiary/aromatic N) is 2. The molecular weight excluding hydrogens is 248 g/mol. The molecule has 0 spiro atoms. The number of hydrogen-bond donors (Lipinski definition) is 2. The normalized spacial score (nSPS) is 21.7. The fraction of sp³-hybridized carbons (Fsp3) is 1.00. The number of rotatable bonds is 2. The van der Waals surface area contributed by atoms with Crippen molar-refractivity contribution < 1.29 is 21.6 Å². The smallest absolute Gasteiger partial charge is 0.0768 e. The zero-order valence-corrected chi connectivity index (χ0v) is 10.2. The molecular formula is C8H20N4O6. The predicted octanol–water partition coefficient (Wildman–Crippen LogP) is -1.20. The van der Waals surface area contributed by atoms with Crippen LogP contribution in [-0.4, -0.2) is 23.3 Å². The van der Waals surface area contributed by atoms with Crippen LogP contribution in [0, 0.1) is 42.5 Å². The molecule has 0 saturated heterocycles. The minimum Gasteiger partial charge on any atom is -0.357 e. The summed E-state index contributed by atoms with van der Waals surface area (Å²) in [4.78, 5) is 16.5. The molecule has 0 aromatic carbocycles. The van der Waals surface area contributed by atoms with Gasteiger partial charge in [0.15, 0.2) is 0 Å². The van der Waals surface area contributed by atoms with Crippen molar-refractivity contribution in [2.75, 3.05) is 13.1 Å². The van der Waals surface area contributed by atoms with Crippen molar-refractivity contribution in [3.05, 3.63) is 30.6 Å². The summed E-state index contributed by atoms with van der Waals surface area (Å²) in [5, 5.41) is 29.5. The van der Waals surface area contributed by atoms with Gasteiger partial charge >= 0.3 is 0 Å². The fourth-order valence-electron chi connectivity index (χ4n) is 1.93. The molecule has 0 radical (unpaired) electrons. The molecule has 108 valence electrons. The summed E-state index contributed by atoms with van der Waals surface area (Å²) in [5.74, 6) is 1.83. The van der Waals surface area contributed by atoms with Crippen LogP contribution < -0.4 is 11.5 Å². The van der Waals surface area contributed by atoms with Crippen LogP contribution >= 0.6 is 0 Å². The van der Waals surface area contributed by atoms with Crippen molar-refractivity contribution in [3.63, 3.8) is 0 Å². The summed E-state index contributed by atoms with van der Waals surface area (Å²) in [7, 11) is 0. The monoisotopic (exact) mass is 268 g/mol. The second-order valence-electron chi connectivity index (χ2n) is 3.92. The van der Waals surface area contributed by atoms with Gasteiger partial charge < -0.3 is 42.1 Å². The molecule has 0 aromatic rings. The van der Waals surface area contributed by atoms with Crippen molar-refractivity contribution in [2.45, 2.75) is 25.7 Å². The van der Waals surface area contributed by atoms with E-state index in [-0.39, 0.29) is 0 Å². The lowest BCUT2D eigenvalue weighted by Crippen LogP contribution is -2.57. The lowest BCUT2D eigenvalue weighted by atomic mass is 9.81. The molecule has 1 fully saturated rings. The van der Waals surface area contributed by atoms with Crippen LogP contribution in [0.15, 0.2) is 0 Å². The molecule has 1 rings (SSSR count). The van der Waals surface area contributed by atoms with Crippen molar-refractivity contribution in [2.24, 2.45) is 11.8 Å². The first-order valence-electron chi connectivity index (χ1n) is 5.54. The summed E-state index contributed by atoms with van der Waals surface area (Å²) in [6, 6.07) is 0. The molecule has 1 saturated carbocycles.